The van der Waals surface area contributed by atoms with Crippen LogP contribution in [0.2, 0.25) is 0 Å². The van der Waals surface area contributed by atoms with E-state index in [-0.39, 0.29) is 17.9 Å². The zero-order valence-corrected chi connectivity index (χ0v) is 20.1. The number of carbonyl (C=O) groups is 2. The first kappa shape index (κ1) is 22.7. The predicted molar refractivity (Wildman–Crippen MR) is 132 cm³/mol. The molecule has 2 aromatic heterocycles. The lowest BCUT2D eigenvalue weighted by molar-refractivity contribution is -0.141. The number of hydrogen-bond acceptors (Lipinski definition) is 4. The van der Waals surface area contributed by atoms with Crippen LogP contribution in [0, 0.1) is 6.92 Å². The third-order valence-corrected chi connectivity index (χ3v) is 8.03. The summed E-state index contributed by atoms with van der Waals surface area (Å²) in [5.41, 5.74) is 2.08. The first-order valence-electron chi connectivity index (χ1n) is 11.3. The fraction of sp³-hybridized carbons (Fsp3) is 0.385. The van der Waals surface area contributed by atoms with E-state index in [1.165, 1.54) is 6.42 Å². The average molecular weight is 467 g/mol. The van der Waals surface area contributed by atoms with Crippen molar-refractivity contribution in [1.82, 2.24) is 10.2 Å². The van der Waals surface area contributed by atoms with Gasteiger partial charge in [0.25, 0.3) is 0 Å². The molecule has 168 valence electrons. The zero-order valence-electron chi connectivity index (χ0n) is 18.5. The van der Waals surface area contributed by atoms with Crippen molar-refractivity contribution in [3.8, 4) is 0 Å². The molecule has 3 aromatic rings. The first-order valence-corrected chi connectivity index (χ1v) is 13.1. The number of hydrogen-bond donors (Lipinski definition) is 1. The molecule has 4 nitrogen and oxygen atoms in total. The molecule has 0 aliphatic heterocycles. The SMILES string of the molecule is Cc1ccsc1C(C(=O)NC1CCCCC1)N(Cc1ccccc1)C(=O)Cc1cccs1. The summed E-state index contributed by atoms with van der Waals surface area (Å²) in [4.78, 5) is 31.1. The van der Waals surface area contributed by atoms with Gasteiger partial charge in [0.05, 0.1) is 6.42 Å². The summed E-state index contributed by atoms with van der Waals surface area (Å²) in [5, 5.41) is 7.29. The normalized spacial score (nSPS) is 15.3. The van der Waals surface area contributed by atoms with E-state index in [2.05, 4.69) is 5.32 Å². The molecule has 1 atom stereocenters. The highest BCUT2D eigenvalue weighted by Crippen LogP contribution is 2.32. The largest absolute Gasteiger partial charge is 0.351 e. The highest BCUT2D eigenvalue weighted by atomic mass is 32.1. The quantitative estimate of drug-likeness (QED) is 0.451. The van der Waals surface area contributed by atoms with Crippen molar-refractivity contribution in [1.29, 1.82) is 0 Å². The molecular weight excluding hydrogens is 436 g/mol. The minimum Gasteiger partial charge on any atom is -0.351 e. The van der Waals surface area contributed by atoms with Gasteiger partial charge in [-0.25, -0.2) is 0 Å². The lowest BCUT2D eigenvalue weighted by atomic mass is 9.95. The Morgan fingerprint density at radius 3 is 2.44 bits per heavy atom. The maximum atomic E-state index is 13.7. The monoisotopic (exact) mass is 466 g/mol. The van der Waals surface area contributed by atoms with Crippen molar-refractivity contribution < 1.29 is 9.59 Å². The molecule has 1 fully saturated rings. The lowest BCUT2D eigenvalue weighted by Crippen LogP contribution is -2.47. The van der Waals surface area contributed by atoms with Gasteiger partial charge in [-0.3, -0.25) is 9.59 Å². The van der Waals surface area contributed by atoms with Crippen LogP contribution in [-0.4, -0.2) is 22.8 Å². The Bertz CT molecular complexity index is 1010. The molecule has 6 heteroatoms. The molecule has 1 N–H and O–H groups in total. The van der Waals surface area contributed by atoms with Crippen LogP contribution in [0.1, 0.15) is 59.0 Å². The number of nitrogens with zero attached hydrogens (tertiary/aromatic N) is 1. The van der Waals surface area contributed by atoms with Crippen molar-refractivity contribution >= 4 is 34.5 Å². The van der Waals surface area contributed by atoms with Crippen LogP contribution in [0.25, 0.3) is 0 Å². The summed E-state index contributed by atoms with van der Waals surface area (Å²) in [7, 11) is 0. The van der Waals surface area contributed by atoms with E-state index in [4.69, 9.17) is 0 Å². The minimum absolute atomic E-state index is 0.0205. The Labute approximate surface area is 198 Å². The molecule has 1 saturated carbocycles. The Hall–Kier alpha value is -2.44. The Morgan fingerprint density at radius 1 is 1.00 bits per heavy atom. The molecule has 1 aliphatic rings. The summed E-state index contributed by atoms with van der Waals surface area (Å²) in [6.45, 7) is 2.43. The topological polar surface area (TPSA) is 49.4 Å². The molecule has 4 rings (SSSR count). The molecule has 0 radical (unpaired) electrons. The molecule has 2 heterocycles. The molecule has 1 aliphatic carbocycles. The van der Waals surface area contributed by atoms with Gasteiger partial charge in [0, 0.05) is 22.3 Å². The Balaban J connectivity index is 1.66. The van der Waals surface area contributed by atoms with Gasteiger partial charge >= 0.3 is 0 Å². The van der Waals surface area contributed by atoms with E-state index in [1.54, 1.807) is 27.6 Å². The highest BCUT2D eigenvalue weighted by Gasteiger charge is 2.34. The van der Waals surface area contributed by atoms with E-state index < -0.39 is 6.04 Å². The third kappa shape index (κ3) is 5.67. The highest BCUT2D eigenvalue weighted by molar-refractivity contribution is 7.10. The summed E-state index contributed by atoms with van der Waals surface area (Å²) in [5.74, 6) is -0.0780. The number of aryl methyl sites for hydroxylation is 1. The third-order valence-electron chi connectivity index (χ3n) is 6.08. The van der Waals surface area contributed by atoms with E-state index >= 15 is 0 Å². The van der Waals surface area contributed by atoms with Crippen molar-refractivity contribution in [2.45, 2.75) is 64.1 Å². The molecule has 32 heavy (non-hydrogen) atoms. The summed E-state index contributed by atoms with van der Waals surface area (Å²) in [6.07, 6.45) is 5.88. The average Bonchev–Trinajstić information content (AvgIpc) is 3.47. The van der Waals surface area contributed by atoms with E-state index in [9.17, 15) is 9.59 Å². The summed E-state index contributed by atoms with van der Waals surface area (Å²) in [6, 6.07) is 15.5. The van der Waals surface area contributed by atoms with Gasteiger partial charge in [-0.15, -0.1) is 22.7 Å². The smallest absolute Gasteiger partial charge is 0.248 e. The lowest BCUT2D eigenvalue weighted by Gasteiger charge is -2.33. The van der Waals surface area contributed by atoms with Crippen molar-refractivity contribution in [2.24, 2.45) is 0 Å². The van der Waals surface area contributed by atoms with Crippen molar-refractivity contribution in [2.75, 3.05) is 0 Å². The van der Waals surface area contributed by atoms with Crippen LogP contribution >= 0.6 is 22.7 Å². The van der Waals surface area contributed by atoms with Gasteiger partial charge in [0.1, 0.15) is 6.04 Å². The zero-order chi connectivity index (χ0) is 22.3. The molecule has 1 unspecified atom stereocenters. The van der Waals surface area contributed by atoms with Crippen LogP contribution in [0.4, 0.5) is 0 Å². The van der Waals surface area contributed by atoms with E-state index in [0.717, 1.165) is 46.6 Å². The predicted octanol–water partition coefficient (Wildman–Crippen LogP) is 5.88. The van der Waals surface area contributed by atoms with E-state index in [1.807, 2.05) is 66.2 Å². The minimum atomic E-state index is -0.621. The second kappa shape index (κ2) is 10.9. The maximum absolute atomic E-state index is 13.7. The molecule has 2 amide bonds. The van der Waals surface area contributed by atoms with Crippen molar-refractivity contribution in [3.63, 3.8) is 0 Å². The second-order valence-corrected chi connectivity index (χ2v) is 10.5. The van der Waals surface area contributed by atoms with Gasteiger partial charge in [-0.05, 0) is 53.8 Å². The standard InChI is InChI=1S/C26H30N2O2S2/c1-19-14-16-32-25(19)24(26(30)27-21-11-6-3-7-12-21)28(18-20-9-4-2-5-10-20)23(29)17-22-13-8-15-31-22/h2,4-5,8-10,13-16,21,24H,3,6-7,11-12,17-18H2,1H3,(H,27,30). The fourth-order valence-corrected chi connectivity index (χ4v) is 6.09. The van der Waals surface area contributed by atoms with Gasteiger partial charge in [0.15, 0.2) is 0 Å². The van der Waals surface area contributed by atoms with Crippen LogP contribution in [0.3, 0.4) is 0 Å². The van der Waals surface area contributed by atoms with Gasteiger partial charge in [-0.1, -0.05) is 55.7 Å². The fourth-order valence-electron chi connectivity index (χ4n) is 4.36. The van der Waals surface area contributed by atoms with Crippen LogP contribution < -0.4 is 5.32 Å². The number of rotatable bonds is 8. The maximum Gasteiger partial charge on any atom is 0.248 e. The molecule has 0 spiro atoms. The number of thiophene rings is 2. The van der Waals surface area contributed by atoms with Gasteiger partial charge in [0.2, 0.25) is 11.8 Å². The number of nitrogens with one attached hydrogen (secondary N) is 1. The molecule has 1 aromatic carbocycles. The second-order valence-electron chi connectivity index (χ2n) is 8.48. The Kier molecular flexibility index (Phi) is 7.76. The van der Waals surface area contributed by atoms with Crippen molar-refractivity contribution in [3.05, 3.63) is 80.2 Å². The molecule has 0 bridgehead atoms. The number of carbonyl (C=O) groups excluding carboxylic acids is 2. The van der Waals surface area contributed by atoms with Crippen LogP contribution in [0.5, 0.6) is 0 Å². The Morgan fingerprint density at radius 2 is 1.78 bits per heavy atom. The summed E-state index contributed by atoms with van der Waals surface area (Å²) < 4.78 is 0. The van der Waals surface area contributed by atoms with Crippen LogP contribution in [-0.2, 0) is 22.6 Å². The number of benzene rings is 1. The van der Waals surface area contributed by atoms with Gasteiger partial charge < -0.3 is 10.2 Å². The molecular formula is C26H30N2O2S2. The summed E-state index contributed by atoms with van der Waals surface area (Å²) >= 11 is 3.14. The number of amides is 2. The first-order chi connectivity index (χ1) is 15.6. The molecule has 0 saturated heterocycles. The van der Waals surface area contributed by atoms with Gasteiger partial charge in [-0.2, -0.15) is 0 Å². The van der Waals surface area contributed by atoms with E-state index in [0.29, 0.717) is 13.0 Å². The van der Waals surface area contributed by atoms with Crippen LogP contribution in [0.15, 0.2) is 59.3 Å².